The molecular weight excluding hydrogens is 348 g/mol. The molecule has 0 saturated carbocycles. The summed E-state index contributed by atoms with van der Waals surface area (Å²) in [5, 5.41) is 18.1. The van der Waals surface area contributed by atoms with Crippen LogP contribution in [0.2, 0.25) is 0 Å². The van der Waals surface area contributed by atoms with Gasteiger partial charge in [0.05, 0.1) is 22.1 Å². The number of rotatable bonds is 3. The van der Waals surface area contributed by atoms with Crippen molar-refractivity contribution in [2.45, 2.75) is 11.3 Å². The van der Waals surface area contributed by atoms with E-state index in [0.29, 0.717) is 31.6 Å². The lowest BCUT2D eigenvalue weighted by molar-refractivity contribution is 0.433. The second kappa shape index (κ2) is 7.57. The monoisotopic (exact) mass is 366 g/mol. The lowest BCUT2D eigenvalue weighted by Gasteiger charge is -2.23. The predicted octanol–water partition coefficient (Wildman–Crippen LogP) is 2.33. The maximum atomic E-state index is 13.0. The van der Waals surface area contributed by atoms with E-state index in [1.54, 1.807) is 24.3 Å². The molecular formula is C19H18N4O2S. The highest BCUT2D eigenvalue weighted by molar-refractivity contribution is 7.89. The van der Waals surface area contributed by atoms with Crippen LogP contribution in [0.4, 0.5) is 5.69 Å². The second-order valence-corrected chi connectivity index (χ2v) is 7.92. The fourth-order valence-electron chi connectivity index (χ4n) is 3.06. The molecule has 26 heavy (non-hydrogen) atoms. The van der Waals surface area contributed by atoms with E-state index in [2.05, 4.69) is 11.0 Å². The van der Waals surface area contributed by atoms with Crippen LogP contribution in [0.15, 0.2) is 53.4 Å². The topological polar surface area (TPSA) is 88.2 Å². The molecule has 6 nitrogen and oxygen atoms in total. The van der Waals surface area contributed by atoms with Gasteiger partial charge in [0.2, 0.25) is 10.0 Å². The normalized spacial score (nSPS) is 15.7. The Bertz CT molecular complexity index is 972. The third-order valence-electron chi connectivity index (χ3n) is 4.44. The smallest absolute Gasteiger partial charge is 0.244 e. The molecule has 3 rings (SSSR count). The number of anilines is 1. The summed E-state index contributed by atoms with van der Waals surface area (Å²) >= 11 is 0. The van der Waals surface area contributed by atoms with Gasteiger partial charge in [-0.05, 0) is 42.8 Å². The highest BCUT2D eigenvalue weighted by atomic mass is 32.2. The van der Waals surface area contributed by atoms with E-state index >= 15 is 0 Å². The Morgan fingerprint density at radius 2 is 1.58 bits per heavy atom. The predicted molar refractivity (Wildman–Crippen MR) is 97.9 cm³/mol. The number of hydrogen-bond donors (Lipinski definition) is 0. The zero-order valence-corrected chi connectivity index (χ0v) is 15.0. The summed E-state index contributed by atoms with van der Waals surface area (Å²) in [6, 6.07) is 17.6. The molecule has 0 spiro atoms. The summed E-state index contributed by atoms with van der Waals surface area (Å²) in [4.78, 5) is 2.18. The van der Waals surface area contributed by atoms with Gasteiger partial charge >= 0.3 is 0 Å². The summed E-state index contributed by atoms with van der Waals surface area (Å²) in [7, 11) is -3.70. The molecule has 0 radical (unpaired) electrons. The van der Waals surface area contributed by atoms with E-state index < -0.39 is 10.0 Å². The average molecular weight is 366 g/mol. The maximum Gasteiger partial charge on any atom is 0.244 e. The molecule has 1 aliphatic heterocycles. The quantitative estimate of drug-likeness (QED) is 0.832. The summed E-state index contributed by atoms with van der Waals surface area (Å²) < 4.78 is 27.4. The van der Waals surface area contributed by atoms with Gasteiger partial charge in [-0.1, -0.05) is 12.1 Å². The van der Waals surface area contributed by atoms with Crippen molar-refractivity contribution in [3.05, 3.63) is 59.7 Å². The lowest BCUT2D eigenvalue weighted by Crippen LogP contribution is -2.35. The molecule has 7 heteroatoms. The van der Waals surface area contributed by atoms with Gasteiger partial charge in [-0.2, -0.15) is 14.8 Å². The molecule has 132 valence electrons. The number of sulfonamides is 1. The lowest BCUT2D eigenvalue weighted by atomic mass is 10.2. The van der Waals surface area contributed by atoms with Crippen molar-refractivity contribution in [2.24, 2.45) is 0 Å². The van der Waals surface area contributed by atoms with E-state index in [9.17, 15) is 13.7 Å². The molecule has 1 fully saturated rings. The van der Waals surface area contributed by atoms with Crippen molar-refractivity contribution in [1.82, 2.24) is 4.31 Å². The largest absolute Gasteiger partial charge is 0.370 e. The van der Waals surface area contributed by atoms with Crippen LogP contribution in [0.3, 0.4) is 0 Å². The Labute approximate surface area is 153 Å². The van der Waals surface area contributed by atoms with Crippen LogP contribution in [0.25, 0.3) is 0 Å². The molecule has 0 atom stereocenters. The van der Waals surface area contributed by atoms with Crippen molar-refractivity contribution in [2.75, 3.05) is 31.1 Å². The molecule has 0 bridgehead atoms. The van der Waals surface area contributed by atoms with Crippen LogP contribution < -0.4 is 4.90 Å². The van der Waals surface area contributed by atoms with Crippen molar-refractivity contribution < 1.29 is 8.42 Å². The molecule has 0 unspecified atom stereocenters. The Hall–Kier alpha value is -2.87. The molecule has 2 aromatic rings. The zero-order chi connectivity index (χ0) is 18.6. The highest BCUT2D eigenvalue weighted by Crippen LogP contribution is 2.23. The molecule has 0 amide bonds. The van der Waals surface area contributed by atoms with Crippen LogP contribution in [0.1, 0.15) is 17.5 Å². The SMILES string of the molecule is N#Cc1ccc(N2CCCN(S(=O)(=O)c3ccccc3C#N)CC2)cc1. The summed E-state index contributed by atoms with van der Waals surface area (Å²) in [5.74, 6) is 0. The van der Waals surface area contributed by atoms with E-state index in [1.807, 2.05) is 18.2 Å². The molecule has 0 aliphatic carbocycles. The Balaban J connectivity index is 1.80. The first-order valence-electron chi connectivity index (χ1n) is 8.30. The maximum absolute atomic E-state index is 13.0. The van der Waals surface area contributed by atoms with Crippen LogP contribution in [0.5, 0.6) is 0 Å². The van der Waals surface area contributed by atoms with Crippen LogP contribution in [-0.2, 0) is 10.0 Å². The minimum absolute atomic E-state index is 0.0642. The molecule has 0 aromatic heterocycles. The third-order valence-corrected chi connectivity index (χ3v) is 6.40. The van der Waals surface area contributed by atoms with E-state index in [-0.39, 0.29) is 10.5 Å². The minimum atomic E-state index is -3.70. The van der Waals surface area contributed by atoms with Gasteiger partial charge in [-0.3, -0.25) is 0 Å². The first-order valence-corrected chi connectivity index (χ1v) is 9.74. The van der Waals surface area contributed by atoms with Crippen molar-refractivity contribution in [1.29, 1.82) is 10.5 Å². The third kappa shape index (κ3) is 3.55. The molecule has 2 aromatic carbocycles. The van der Waals surface area contributed by atoms with Crippen LogP contribution in [0, 0.1) is 22.7 Å². The van der Waals surface area contributed by atoms with E-state index in [4.69, 9.17) is 5.26 Å². The fourth-order valence-corrected chi connectivity index (χ4v) is 4.67. The fraction of sp³-hybridized carbons (Fsp3) is 0.263. The molecule has 1 aliphatic rings. The van der Waals surface area contributed by atoms with Crippen molar-refractivity contribution in [3.8, 4) is 12.1 Å². The van der Waals surface area contributed by atoms with Crippen LogP contribution >= 0.6 is 0 Å². The first-order chi connectivity index (χ1) is 12.6. The van der Waals surface area contributed by atoms with Gasteiger partial charge in [-0.25, -0.2) is 8.42 Å². The van der Waals surface area contributed by atoms with Gasteiger partial charge in [0.25, 0.3) is 0 Å². The zero-order valence-electron chi connectivity index (χ0n) is 14.2. The first kappa shape index (κ1) is 17.9. The van der Waals surface area contributed by atoms with Crippen molar-refractivity contribution >= 4 is 15.7 Å². The van der Waals surface area contributed by atoms with Crippen molar-refractivity contribution in [3.63, 3.8) is 0 Å². The van der Waals surface area contributed by atoms with Gasteiger partial charge in [0.15, 0.2) is 0 Å². The summed E-state index contributed by atoms with van der Waals surface area (Å²) in [6.07, 6.45) is 0.688. The molecule has 1 saturated heterocycles. The Morgan fingerprint density at radius 3 is 2.27 bits per heavy atom. The Kier molecular flexibility index (Phi) is 5.22. The van der Waals surface area contributed by atoms with E-state index in [1.165, 1.54) is 16.4 Å². The van der Waals surface area contributed by atoms with Gasteiger partial charge in [-0.15, -0.1) is 0 Å². The highest BCUT2D eigenvalue weighted by Gasteiger charge is 2.28. The van der Waals surface area contributed by atoms with Gasteiger partial charge < -0.3 is 4.90 Å². The molecule has 1 heterocycles. The summed E-state index contributed by atoms with van der Waals surface area (Å²) in [5.41, 5.74) is 1.74. The second-order valence-electron chi connectivity index (χ2n) is 6.01. The number of benzene rings is 2. The number of nitriles is 2. The standard InChI is InChI=1S/C19H18N4O2S/c20-14-16-6-8-18(9-7-16)22-10-3-11-23(13-12-22)26(24,25)19-5-2-1-4-17(19)15-21/h1-2,4-9H,3,10-13H2. The summed E-state index contributed by atoms with van der Waals surface area (Å²) in [6.45, 7) is 2.05. The average Bonchev–Trinajstić information content (AvgIpc) is 2.95. The van der Waals surface area contributed by atoms with Gasteiger partial charge in [0, 0.05) is 31.9 Å². The molecule has 0 N–H and O–H groups in total. The van der Waals surface area contributed by atoms with E-state index in [0.717, 1.165) is 12.2 Å². The van der Waals surface area contributed by atoms with Crippen LogP contribution in [-0.4, -0.2) is 38.9 Å². The number of hydrogen-bond acceptors (Lipinski definition) is 5. The minimum Gasteiger partial charge on any atom is -0.370 e. The Morgan fingerprint density at radius 1 is 0.846 bits per heavy atom. The van der Waals surface area contributed by atoms with Gasteiger partial charge in [0.1, 0.15) is 6.07 Å². The number of nitrogens with zero attached hydrogens (tertiary/aromatic N) is 4.